The van der Waals surface area contributed by atoms with Crippen molar-refractivity contribution in [2.24, 2.45) is 0 Å². The molecule has 0 bridgehead atoms. The molecule has 0 aliphatic carbocycles. The van der Waals surface area contributed by atoms with E-state index in [4.69, 9.17) is 14.2 Å². The van der Waals surface area contributed by atoms with Crippen molar-refractivity contribution in [2.75, 3.05) is 26.1 Å². The van der Waals surface area contributed by atoms with Crippen molar-refractivity contribution in [2.45, 2.75) is 19.9 Å². The van der Waals surface area contributed by atoms with Gasteiger partial charge in [-0.2, -0.15) is 0 Å². The summed E-state index contributed by atoms with van der Waals surface area (Å²) in [5.74, 6) is -0.151. The third kappa shape index (κ3) is 6.24. The second-order valence-electron chi connectivity index (χ2n) is 6.24. The molecule has 0 saturated carbocycles. The van der Waals surface area contributed by atoms with E-state index in [-0.39, 0.29) is 11.5 Å². The lowest BCUT2D eigenvalue weighted by molar-refractivity contribution is -0.124. The first-order valence-electron chi connectivity index (χ1n) is 8.90. The van der Waals surface area contributed by atoms with Crippen LogP contribution >= 0.6 is 0 Å². The topological polar surface area (TPSA) is 103 Å². The highest BCUT2D eigenvalue weighted by molar-refractivity contribution is 5.94. The zero-order valence-corrected chi connectivity index (χ0v) is 16.8. The SMILES string of the molecule is COc1ccc(OC)c([C@@H](C)NC(=O)COC(=O)c2cccc(NC(C)=O)c2)c1. The number of esters is 1. The van der Waals surface area contributed by atoms with Gasteiger partial charge in [0, 0.05) is 18.2 Å². The van der Waals surface area contributed by atoms with E-state index >= 15 is 0 Å². The molecule has 2 rings (SSSR count). The fourth-order valence-corrected chi connectivity index (χ4v) is 2.68. The first kappa shape index (κ1) is 21.7. The van der Waals surface area contributed by atoms with Gasteiger partial charge in [-0.05, 0) is 43.3 Å². The number of hydrogen-bond donors (Lipinski definition) is 2. The van der Waals surface area contributed by atoms with Gasteiger partial charge in [-0.1, -0.05) is 6.07 Å². The van der Waals surface area contributed by atoms with Gasteiger partial charge in [-0.3, -0.25) is 9.59 Å². The molecule has 0 saturated heterocycles. The molecule has 1 atom stereocenters. The summed E-state index contributed by atoms with van der Waals surface area (Å²) in [5, 5.41) is 5.34. The van der Waals surface area contributed by atoms with Gasteiger partial charge in [0.25, 0.3) is 5.91 Å². The third-order valence-corrected chi connectivity index (χ3v) is 4.03. The van der Waals surface area contributed by atoms with Gasteiger partial charge in [-0.15, -0.1) is 0 Å². The molecule has 154 valence electrons. The average molecular weight is 400 g/mol. The van der Waals surface area contributed by atoms with Gasteiger partial charge in [0.15, 0.2) is 6.61 Å². The predicted octanol–water partition coefficient (Wildman–Crippen LogP) is 2.70. The largest absolute Gasteiger partial charge is 0.497 e. The van der Waals surface area contributed by atoms with E-state index in [0.717, 1.165) is 5.56 Å². The number of hydrogen-bond acceptors (Lipinski definition) is 6. The minimum absolute atomic E-state index is 0.228. The van der Waals surface area contributed by atoms with E-state index in [1.54, 1.807) is 44.4 Å². The molecule has 0 aliphatic rings. The van der Waals surface area contributed by atoms with Gasteiger partial charge < -0.3 is 24.8 Å². The lowest BCUT2D eigenvalue weighted by atomic mass is 10.1. The summed E-state index contributed by atoms with van der Waals surface area (Å²) in [7, 11) is 3.09. The van der Waals surface area contributed by atoms with Crippen LogP contribution in [0.1, 0.15) is 35.8 Å². The van der Waals surface area contributed by atoms with E-state index < -0.39 is 24.5 Å². The number of ether oxygens (including phenoxy) is 3. The van der Waals surface area contributed by atoms with Gasteiger partial charge in [0.1, 0.15) is 11.5 Å². The van der Waals surface area contributed by atoms with Gasteiger partial charge >= 0.3 is 5.97 Å². The van der Waals surface area contributed by atoms with Crippen molar-refractivity contribution in [3.63, 3.8) is 0 Å². The maximum Gasteiger partial charge on any atom is 0.338 e. The Morgan fingerprint density at radius 1 is 1.03 bits per heavy atom. The van der Waals surface area contributed by atoms with Gasteiger partial charge in [-0.25, -0.2) is 4.79 Å². The number of carbonyl (C=O) groups excluding carboxylic acids is 3. The maximum atomic E-state index is 12.2. The predicted molar refractivity (Wildman–Crippen MR) is 107 cm³/mol. The van der Waals surface area contributed by atoms with Crippen molar-refractivity contribution in [1.29, 1.82) is 0 Å². The minimum Gasteiger partial charge on any atom is -0.497 e. The molecular weight excluding hydrogens is 376 g/mol. The monoisotopic (exact) mass is 400 g/mol. The van der Waals surface area contributed by atoms with Crippen LogP contribution in [0, 0.1) is 0 Å². The molecule has 8 heteroatoms. The Hall–Kier alpha value is -3.55. The Balaban J connectivity index is 1.96. The third-order valence-electron chi connectivity index (χ3n) is 4.03. The van der Waals surface area contributed by atoms with Crippen molar-refractivity contribution in [3.05, 3.63) is 53.6 Å². The van der Waals surface area contributed by atoms with Crippen LogP contribution < -0.4 is 20.1 Å². The normalized spacial score (nSPS) is 11.2. The summed E-state index contributed by atoms with van der Waals surface area (Å²) in [6, 6.07) is 11.2. The van der Waals surface area contributed by atoms with Gasteiger partial charge in [0.05, 0.1) is 25.8 Å². The number of amides is 2. The van der Waals surface area contributed by atoms with E-state index in [1.807, 2.05) is 0 Å². The zero-order valence-electron chi connectivity index (χ0n) is 16.8. The molecule has 0 aromatic heterocycles. The van der Waals surface area contributed by atoms with Crippen LogP contribution in [0.2, 0.25) is 0 Å². The summed E-state index contributed by atoms with van der Waals surface area (Å²) in [5.41, 5.74) is 1.43. The average Bonchev–Trinajstić information content (AvgIpc) is 2.71. The van der Waals surface area contributed by atoms with Crippen LogP contribution in [-0.2, 0) is 14.3 Å². The maximum absolute atomic E-state index is 12.2. The summed E-state index contributed by atoms with van der Waals surface area (Å²) in [4.78, 5) is 35.5. The highest BCUT2D eigenvalue weighted by Crippen LogP contribution is 2.29. The van der Waals surface area contributed by atoms with E-state index in [2.05, 4.69) is 10.6 Å². The van der Waals surface area contributed by atoms with Crippen LogP contribution in [0.15, 0.2) is 42.5 Å². The number of rotatable bonds is 8. The highest BCUT2D eigenvalue weighted by atomic mass is 16.5. The molecule has 0 spiro atoms. The fraction of sp³-hybridized carbons (Fsp3) is 0.286. The first-order chi connectivity index (χ1) is 13.8. The Labute approximate surface area is 169 Å². The molecule has 0 aliphatic heterocycles. The van der Waals surface area contributed by atoms with E-state index in [1.165, 1.54) is 26.2 Å². The molecule has 2 aromatic rings. The van der Waals surface area contributed by atoms with Crippen LogP contribution in [-0.4, -0.2) is 38.6 Å². The summed E-state index contributed by atoms with van der Waals surface area (Å²) >= 11 is 0. The molecular formula is C21H24N2O6. The molecule has 0 fully saturated rings. The van der Waals surface area contributed by atoms with Crippen LogP contribution in [0.4, 0.5) is 5.69 Å². The standard InChI is InChI=1S/C21H24N2O6/c1-13(18-11-17(27-3)8-9-19(18)28-4)22-20(25)12-29-21(26)15-6-5-7-16(10-15)23-14(2)24/h5-11,13H,12H2,1-4H3,(H,22,25)(H,23,24)/t13-/m1/s1. The quantitative estimate of drug-likeness (QED) is 0.661. The van der Waals surface area contributed by atoms with E-state index in [0.29, 0.717) is 17.2 Å². The number of benzene rings is 2. The number of methoxy groups -OCH3 is 2. The van der Waals surface area contributed by atoms with Crippen molar-refractivity contribution in [1.82, 2.24) is 5.32 Å². The zero-order chi connectivity index (χ0) is 21.4. The highest BCUT2D eigenvalue weighted by Gasteiger charge is 2.17. The molecule has 29 heavy (non-hydrogen) atoms. The molecule has 2 amide bonds. The van der Waals surface area contributed by atoms with Crippen molar-refractivity contribution in [3.8, 4) is 11.5 Å². The first-order valence-corrected chi connectivity index (χ1v) is 8.90. The lowest BCUT2D eigenvalue weighted by Gasteiger charge is -2.18. The fourth-order valence-electron chi connectivity index (χ4n) is 2.68. The lowest BCUT2D eigenvalue weighted by Crippen LogP contribution is -2.31. The van der Waals surface area contributed by atoms with E-state index in [9.17, 15) is 14.4 Å². The Bertz CT molecular complexity index is 896. The summed E-state index contributed by atoms with van der Waals surface area (Å²) < 4.78 is 15.6. The molecule has 2 N–H and O–H groups in total. The Morgan fingerprint density at radius 3 is 2.45 bits per heavy atom. The van der Waals surface area contributed by atoms with Gasteiger partial charge in [0.2, 0.25) is 5.91 Å². The summed E-state index contributed by atoms with van der Waals surface area (Å²) in [6.07, 6.45) is 0. The van der Waals surface area contributed by atoms with Crippen molar-refractivity contribution < 1.29 is 28.6 Å². The van der Waals surface area contributed by atoms with Crippen LogP contribution in [0.5, 0.6) is 11.5 Å². The Kier molecular flexibility index (Phi) is 7.59. The van der Waals surface area contributed by atoms with Crippen LogP contribution in [0.3, 0.4) is 0 Å². The molecule has 0 heterocycles. The minimum atomic E-state index is -0.668. The second kappa shape index (κ2) is 10.1. The smallest absolute Gasteiger partial charge is 0.338 e. The number of anilines is 1. The number of nitrogens with one attached hydrogen (secondary N) is 2. The molecule has 8 nitrogen and oxygen atoms in total. The second-order valence-corrected chi connectivity index (χ2v) is 6.24. The van der Waals surface area contributed by atoms with Crippen molar-refractivity contribution >= 4 is 23.5 Å². The summed E-state index contributed by atoms with van der Waals surface area (Å²) in [6.45, 7) is 2.71. The van der Waals surface area contributed by atoms with Crippen LogP contribution in [0.25, 0.3) is 0 Å². The Morgan fingerprint density at radius 2 is 1.79 bits per heavy atom. The molecule has 0 radical (unpaired) electrons. The molecule has 0 unspecified atom stereocenters. The number of carbonyl (C=O) groups is 3. The molecule has 2 aromatic carbocycles.